The van der Waals surface area contributed by atoms with Crippen molar-refractivity contribution in [2.24, 2.45) is 35.5 Å². The Kier molecular flexibility index (Phi) is 50.4. The normalized spacial score (nSPS) is 21.1. The minimum Gasteiger partial charge on any atom is -0.374 e. The van der Waals surface area contributed by atoms with Crippen LogP contribution in [0.2, 0.25) is 12.1 Å². The molecule has 0 aromatic rings. The molecule has 0 saturated heterocycles. The standard InChI is InChI=1S/C56H118O12S8Si4/c1-13-57-77(58-14-2,59-15-3)45-29-39-69-73-43-37-53-47-51(31-25-27-33-55(53)49-75-79(63-19-7,64-20-8)65-21-9)35-41-71-72-42-36-52-32-26-28-34-56(50-76-80(66-22-10,67-23-11)68-24-12)54(48-52)38-44-74-70-40-30-46-78(60-16-4,61-17-5)62-18-6/h51-56H,13-50H2,1-12H3. The van der Waals surface area contributed by atoms with E-state index in [0.29, 0.717) is 103 Å². The SMILES string of the molecule is CCO[Si](CCCSSCCC1CC(CCSSCCC2CCCCC(CS[Si](OCC)(OCC)OCC)C(CCSSCCC[Si](OCC)(OCC)OCC)C2)CCCCC1CS[Si](OCC)(OCC)OCC)(OCC)OCC. The highest BCUT2D eigenvalue weighted by Gasteiger charge is 2.46. The van der Waals surface area contributed by atoms with E-state index < -0.39 is 33.5 Å². The Balaban J connectivity index is 2.09. The maximum atomic E-state index is 6.36. The lowest BCUT2D eigenvalue weighted by atomic mass is 9.76. The lowest BCUT2D eigenvalue weighted by Crippen LogP contribution is -2.46. The topological polar surface area (TPSA) is 111 Å². The second kappa shape index (κ2) is 50.9. The van der Waals surface area contributed by atoms with Crippen LogP contribution in [0.25, 0.3) is 0 Å². The molecule has 2 rings (SSSR count). The summed E-state index contributed by atoms with van der Waals surface area (Å²) in [5.41, 5.74) is 0. The fourth-order valence-electron chi connectivity index (χ4n) is 11.2. The summed E-state index contributed by atoms with van der Waals surface area (Å²) in [6.45, 7) is 32.2. The van der Waals surface area contributed by atoms with Crippen LogP contribution >= 0.6 is 87.2 Å². The second-order valence-electron chi connectivity index (χ2n) is 20.3. The first-order valence-electron chi connectivity index (χ1n) is 31.7. The smallest absolute Gasteiger partial charge is 0.374 e. The van der Waals surface area contributed by atoms with Gasteiger partial charge < -0.3 is 53.1 Å². The Morgan fingerprint density at radius 3 is 0.850 bits per heavy atom. The summed E-state index contributed by atoms with van der Waals surface area (Å²) in [5.74, 6) is 13.4. The van der Waals surface area contributed by atoms with E-state index in [2.05, 4.69) is 84.7 Å². The van der Waals surface area contributed by atoms with Crippen molar-refractivity contribution in [2.45, 2.75) is 198 Å². The molecule has 12 nitrogen and oxygen atoms in total. The first-order chi connectivity index (χ1) is 39.0. The Hall–Kier alpha value is 3.19. The molecular formula is C56H118O12S8Si4. The van der Waals surface area contributed by atoms with Crippen LogP contribution in [-0.2, 0) is 53.1 Å². The van der Waals surface area contributed by atoms with Crippen molar-refractivity contribution >= 4 is 121 Å². The molecule has 24 heteroatoms. The Bertz CT molecular complexity index is 1260. The summed E-state index contributed by atoms with van der Waals surface area (Å²) in [6, 6.07) is 1.77. The molecular weight excluding hydrogens is 1230 g/mol. The quantitative estimate of drug-likeness (QED) is 0.0327. The average molecular weight is 1350 g/mol. The van der Waals surface area contributed by atoms with Crippen LogP contribution in [0, 0.1) is 35.5 Å². The van der Waals surface area contributed by atoms with E-state index in [4.69, 9.17) is 53.1 Å². The molecule has 2 aliphatic carbocycles. The summed E-state index contributed by atoms with van der Waals surface area (Å²) in [4.78, 5) is 0. The molecule has 0 aromatic heterocycles. The van der Waals surface area contributed by atoms with Gasteiger partial charge in [-0.3, -0.25) is 0 Å². The summed E-state index contributed by atoms with van der Waals surface area (Å²) in [5, 5.41) is 0. The molecule has 0 aliphatic heterocycles. The summed E-state index contributed by atoms with van der Waals surface area (Å²) in [6.07, 6.45) is 20.6. The first-order valence-corrected chi connectivity index (χ1v) is 49.9. The van der Waals surface area contributed by atoms with Gasteiger partial charge in [-0.05, 0) is 194 Å². The van der Waals surface area contributed by atoms with E-state index in [1.807, 2.05) is 85.6 Å². The van der Waals surface area contributed by atoms with E-state index in [1.165, 1.54) is 113 Å². The molecule has 2 aliphatic rings. The minimum absolute atomic E-state index is 0.620. The molecule has 0 bridgehead atoms. The van der Waals surface area contributed by atoms with Crippen molar-refractivity contribution in [1.82, 2.24) is 0 Å². The third kappa shape index (κ3) is 33.8. The lowest BCUT2D eigenvalue weighted by molar-refractivity contribution is 0.0704. The van der Waals surface area contributed by atoms with E-state index in [0.717, 1.165) is 59.8 Å². The predicted molar refractivity (Wildman–Crippen MR) is 367 cm³/mol. The van der Waals surface area contributed by atoms with Gasteiger partial charge in [-0.25, -0.2) is 0 Å². The summed E-state index contributed by atoms with van der Waals surface area (Å²) >= 11 is 3.78. The van der Waals surface area contributed by atoms with Gasteiger partial charge in [0.15, 0.2) is 0 Å². The van der Waals surface area contributed by atoms with E-state index >= 15 is 0 Å². The zero-order valence-corrected chi connectivity index (χ0v) is 63.0. The second-order valence-corrected chi connectivity index (χ2v) is 43.6. The maximum absolute atomic E-state index is 6.36. The zero-order chi connectivity index (χ0) is 58.5. The van der Waals surface area contributed by atoms with Crippen LogP contribution in [0.5, 0.6) is 0 Å². The summed E-state index contributed by atoms with van der Waals surface area (Å²) in [7, 11) is 1.69. The van der Waals surface area contributed by atoms with Gasteiger partial charge >= 0.3 is 33.5 Å². The number of rotatable bonds is 53. The molecule has 80 heavy (non-hydrogen) atoms. The Morgan fingerprint density at radius 2 is 0.562 bits per heavy atom. The molecule has 0 aromatic carbocycles. The van der Waals surface area contributed by atoms with Crippen LogP contribution in [0.15, 0.2) is 0 Å². The van der Waals surface area contributed by atoms with Gasteiger partial charge in [0.2, 0.25) is 0 Å². The average Bonchev–Trinajstić information content (AvgIpc) is 3.41. The first kappa shape index (κ1) is 79.3. The van der Waals surface area contributed by atoms with Gasteiger partial charge in [0, 0.05) is 126 Å². The Labute approximate surface area is 528 Å². The molecule has 0 amide bonds. The number of hydrogen-bond acceptors (Lipinski definition) is 20. The fourth-order valence-corrected chi connectivity index (χ4v) is 34.7. The van der Waals surface area contributed by atoms with Crippen molar-refractivity contribution in [3.63, 3.8) is 0 Å². The highest BCUT2D eigenvalue weighted by atomic mass is 33.1. The molecule has 0 heterocycles. The molecule has 0 radical (unpaired) electrons. The van der Waals surface area contributed by atoms with E-state index in [-0.39, 0.29) is 0 Å². The predicted octanol–water partition coefficient (Wildman–Crippen LogP) is 17.7. The van der Waals surface area contributed by atoms with Crippen molar-refractivity contribution in [3.05, 3.63) is 0 Å². The van der Waals surface area contributed by atoms with Gasteiger partial charge in [0.05, 0.1) is 0 Å². The monoisotopic (exact) mass is 1350 g/mol. The van der Waals surface area contributed by atoms with Crippen molar-refractivity contribution in [3.8, 4) is 0 Å². The van der Waals surface area contributed by atoms with E-state index in [1.54, 1.807) is 0 Å². The lowest BCUT2D eigenvalue weighted by Gasteiger charge is -2.35. The third-order valence-corrected chi connectivity index (χ3v) is 39.4. The molecule has 0 N–H and O–H groups in total. The molecule has 2 fully saturated rings. The van der Waals surface area contributed by atoms with Gasteiger partial charge in [-0.2, -0.15) is 0 Å². The molecule has 2 saturated carbocycles. The van der Waals surface area contributed by atoms with Crippen molar-refractivity contribution in [2.75, 3.05) is 125 Å². The van der Waals surface area contributed by atoms with Gasteiger partial charge in [0.1, 0.15) is 0 Å². The largest absolute Gasteiger partial charge is 0.573 e. The Morgan fingerprint density at radius 1 is 0.300 bits per heavy atom. The van der Waals surface area contributed by atoms with Crippen LogP contribution in [0.1, 0.15) is 186 Å². The molecule has 478 valence electrons. The van der Waals surface area contributed by atoms with Crippen LogP contribution in [-0.4, -0.2) is 159 Å². The minimum atomic E-state index is -2.79. The van der Waals surface area contributed by atoms with Crippen molar-refractivity contribution < 1.29 is 53.1 Å². The molecule has 6 unspecified atom stereocenters. The maximum Gasteiger partial charge on any atom is 0.573 e. The van der Waals surface area contributed by atoms with Crippen LogP contribution in [0.4, 0.5) is 0 Å². The molecule has 0 spiro atoms. The van der Waals surface area contributed by atoms with Gasteiger partial charge in [0.25, 0.3) is 0 Å². The molecule has 6 atom stereocenters. The zero-order valence-electron chi connectivity index (χ0n) is 52.5. The third-order valence-electron chi connectivity index (χ3n) is 14.6. The van der Waals surface area contributed by atoms with Crippen molar-refractivity contribution in [1.29, 1.82) is 0 Å². The van der Waals surface area contributed by atoms with Crippen LogP contribution in [0.3, 0.4) is 0 Å². The number of hydrogen-bond donors (Lipinski definition) is 0. The summed E-state index contributed by atoms with van der Waals surface area (Å²) < 4.78 is 75.0. The fraction of sp³-hybridized carbons (Fsp3) is 1.00. The highest BCUT2D eigenvalue weighted by molar-refractivity contribution is 8.77. The van der Waals surface area contributed by atoms with Gasteiger partial charge in [-0.15, -0.1) is 0 Å². The highest BCUT2D eigenvalue weighted by Crippen LogP contribution is 2.43. The van der Waals surface area contributed by atoms with E-state index in [9.17, 15) is 0 Å². The van der Waals surface area contributed by atoms with Gasteiger partial charge in [-0.1, -0.05) is 126 Å². The van der Waals surface area contributed by atoms with Crippen LogP contribution < -0.4 is 0 Å².